The zero-order chi connectivity index (χ0) is 20.8. The molecule has 0 fully saturated rings. The molecule has 10 heteroatoms. The number of aromatic amines is 1. The molecule has 1 aromatic carbocycles. The Balaban J connectivity index is 2.23. The monoisotopic (exact) mass is 400 g/mol. The molecular formula is C18H17F5N4O. The Kier molecular flexibility index (Phi) is 4.99. The van der Waals surface area contributed by atoms with Crippen LogP contribution in [0.2, 0.25) is 0 Å². The maximum absolute atomic E-state index is 13.5. The van der Waals surface area contributed by atoms with Gasteiger partial charge in [0.05, 0.1) is 11.6 Å². The van der Waals surface area contributed by atoms with Crippen LogP contribution < -0.4 is 5.56 Å². The molecule has 2 heterocycles. The minimum atomic E-state index is -4.49. The molecule has 5 nitrogen and oxygen atoms in total. The Morgan fingerprint density at radius 2 is 1.71 bits per heavy atom. The summed E-state index contributed by atoms with van der Waals surface area (Å²) in [4.78, 5) is 18.7. The van der Waals surface area contributed by atoms with Crippen molar-refractivity contribution in [1.82, 2.24) is 19.7 Å². The third-order valence-electron chi connectivity index (χ3n) is 4.39. The number of fused-ring (bicyclic) bond motifs is 1. The van der Waals surface area contributed by atoms with Gasteiger partial charge in [-0.1, -0.05) is 26.0 Å². The minimum absolute atomic E-state index is 0.0323. The van der Waals surface area contributed by atoms with Gasteiger partial charge in [-0.2, -0.15) is 18.3 Å². The number of nitrogens with zero attached hydrogens (tertiary/aromatic N) is 3. The highest BCUT2D eigenvalue weighted by Gasteiger charge is 2.32. The van der Waals surface area contributed by atoms with Crippen molar-refractivity contribution in [2.24, 2.45) is 5.92 Å². The average Bonchev–Trinajstić information content (AvgIpc) is 2.94. The van der Waals surface area contributed by atoms with Crippen LogP contribution in [0.1, 0.15) is 49.0 Å². The number of H-pyrrole nitrogens is 1. The second kappa shape index (κ2) is 6.99. The number of aromatic nitrogens is 4. The van der Waals surface area contributed by atoms with E-state index in [0.29, 0.717) is 5.56 Å². The molecule has 0 saturated carbocycles. The summed E-state index contributed by atoms with van der Waals surface area (Å²) in [6.45, 7) is 5.05. The number of alkyl halides is 5. The first-order valence-corrected chi connectivity index (χ1v) is 8.45. The fourth-order valence-electron chi connectivity index (χ4n) is 3.21. The molecule has 0 spiro atoms. The lowest BCUT2D eigenvalue weighted by molar-refractivity contribution is -0.137. The third-order valence-corrected chi connectivity index (χ3v) is 4.39. The van der Waals surface area contributed by atoms with Gasteiger partial charge in [-0.3, -0.25) is 4.79 Å². The van der Waals surface area contributed by atoms with E-state index in [9.17, 15) is 26.7 Å². The number of nitrogens with one attached hydrogen (secondary N) is 1. The summed E-state index contributed by atoms with van der Waals surface area (Å²) in [5, 5.41) is 3.60. The van der Waals surface area contributed by atoms with Crippen molar-refractivity contribution in [2.45, 2.75) is 39.4 Å². The molecule has 0 aliphatic rings. The molecule has 0 radical (unpaired) electrons. The maximum atomic E-state index is 13.5. The largest absolute Gasteiger partial charge is 0.416 e. The first kappa shape index (κ1) is 20.0. The van der Waals surface area contributed by atoms with Crippen molar-refractivity contribution < 1.29 is 22.0 Å². The highest BCUT2D eigenvalue weighted by molar-refractivity contribution is 5.77. The zero-order valence-corrected chi connectivity index (χ0v) is 15.2. The van der Waals surface area contributed by atoms with Crippen molar-refractivity contribution in [3.63, 3.8) is 0 Å². The van der Waals surface area contributed by atoms with Crippen LogP contribution >= 0.6 is 0 Å². The molecule has 3 rings (SSSR count). The van der Waals surface area contributed by atoms with Crippen LogP contribution in [0.4, 0.5) is 22.0 Å². The fourth-order valence-corrected chi connectivity index (χ4v) is 3.21. The lowest BCUT2D eigenvalue weighted by Crippen LogP contribution is -2.20. The molecule has 2 aromatic heterocycles. The van der Waals surface area contributed by atoms with Crippen molar-refractivity contribution in [3.8, 4) is 0 Å². The second-order valence-electron chi connectivity index (χ2n) is 6.79. The molecule has 0 unspecified atom stereocenters. The normalized spacial score (nSPS) is 13.6. The predicted molar refractivity (Wildman–Crippen MR) is 92.3 cm³/mol. The summed E-state index contributed by atoms with van der Waals surface area (Å²) in [5.74, 6) is -0.0128. The Hall–Kier alpha value is -2.78. The van der Waals surface area contributed by atoms with E-state index in [4.69, 9.17) is 0 Å². The van der Waals surface area contributed by atoms with Crippen molar-refractivity contribution in [3.05, 3.63) is 57.3 Å². The van der Waals surface area contributed by atoms with E-state index in [2.05, 4.69) is 15.1 Å². The zero-order valence-electron chi connectivity index (χ0n) is 15.2. The standard InChI is InChI=1S/C18H17F5N4O/c1-8(2)14(10-4-6-11(7-5-10)18(21,22)23)27-16-12(13(26-27)15(19)20)17(28)25-9(3)24-16/h4-8,14-15H,1-3H3,(H,24,25,28)/t14-/m1/s1. The first-order valence-electron chi connectivity index (χ1n) is 8.45. The minimum Gasteiger partial charge on any atom is -0.310 e. The van der Waals surface area contributed by atoms with Gasteiger partial charge in [0.25, 0.3) is 12.0 Å². The summed E-state index contributed by atoms with van der Waals surface area (Å²) in [7, 11) is 0. The average molecular weight is 400 g/mol. The summed E-state index contributed by atoms with van der Waals surface area (Å²) in [6.07, 6.45) is -7.49. The van der Waals surface area contributed by atoms with Crippen molar-refractivity contribution in [1.29, 1.82) is 0 Å². The number of rotatable bonds is 4. The highest BCUT2D eigenvalue weighted by atomic mass is 19.4. The Morgan fingerprint density at radius 1 is 1.11 bits per heavy atom. The number of hydrogen-bond donors (Lipinski definition) is 1. The lowest BCUT2D eigenvalue weighted by atomic mass is 9.95. The quantitative estimate of drug-likeness (QED) is 0.650. The van der Waals surface area contributed by atoms with Gasteiger partial charge in [0.15, 0.2) is 5.65 Å². The van der Waals surface area contributed by atoms with Gasteiger partial charge in [0.1, 0.15) is 16.9 Å². The Morgan fingerprint density at radius 3 is 2.21 bits per heavy atom. The Labute approximate surface area is 156 Å². The van der Waals surface area contributed by atoms with E-state index in [1.165, 1.54) is 23.7 Å². The SMILES string of the molecule is Cc1nc2c(c(C(F)F)nn2[C@@H](c2ccc(C(F)(F)F)cc2)C(C)C)c(=O)[nH]1. The van der Waals surface area contributed by atoms with Gasteiger partial charge in [-0.05, 0) is 30.5 Å². The van der Waals surface area contributed by atoms with Gasteiger partial charge in [-0.15, -0.1) is 0 Å². The van der Waals surface area contributed by atoms with Crippen LogP contribution in [0.5, 0.6) is 0 Å². The summed E-state index contributed by atoms with van der Waals surface area (Å²) < 4.78 is 66.6. The molecule has 28 heavy (non-hydrogen) atoms. The van der Waals surface area contributed by atoms with Crippen LogP contribution in [0.25, 0.3) is 11.0 Å². The number of aryl methyl sites for hydroxylation is 1. The van der Waals surface area contributed by atoms with Crippen LogP contribution in [-0.2, 0) is 6.18 Å². The molecule has 0 amide bonds. The lowest BCUT2D eigenvalue weighted by Gasteiger charge is -2.23. The number of halogens is 5. The van der Waals surface area contributed by atoms with Gasteiger partial charge >= 0.3 is 6.18 Å². The summed E-state index contributed by atoms with van der Waals surface area (Å²) in [6, 6.07) is 3.73. The topological polar surface area (TPSA) is 63.6 Å². The van der Waals surface area contributed by atoms with Gasteiger partial charge in [0, 0.05) is 0 Å². The van der Waals surface area contributed by atoms with Crippen molar-refractivity contribution in [2.75, 3.05) is 0 Å². The Bertz CT molecular complexity index is 1050. The van der Waals surface area contributed by atoms with Crippen LogP contribution in [-0.4, -0.2) is 19.7 Å². The van der Waals surface area contributed by atoms with Gasteiger partial charge in [-0.25, -0.2) is 18.4 Å². The fraction of sp³-hybridized carbons (Fsp3) is 0.389. The molecule has 0 aliphatic heterocycles. The van der Waals surface area contributed by atoms with Crippen LogP contribution in [0.3, 0.4) is 0 Å². The van der Waals surface area contributed by atoms with E-state index in [-0.39, 0.29) is 22.8 Å². The van der Waals surface area contributed by atoms with E-state index in [0.717, 1.165) is 12.1 Å². The summed E-state index contributed by atoms with van der Waals surface area (Å²) in [5.41, 5.74) is -1.86. The third kappa shape index (κ3) is 3.50. The molecule has 1 atom stereocenters. The van der Waals surface area contributed by atoms with E-state index >= 15 is 0 Å². The first-order chi connectivity index (χ1) is 13.0. The molecule has 0 aliphatic carbocycles. The number of benzene rings is 1. The predicted octanol–water partition coefficient (Wildman–Crippen LogP) is 4.63. The molecule has 1 N–H and O–H groups in total. The van der Waals surface area contributed by atoms with Crippen LogP contribution in [0.15, 0.2) is 29.1 Å². The molecule has 0 bridgehead atoms. The van der Waals surface area contributed by atoms with Crippen LogP contribution in [0, 0.1) is 12.8 Å². The molecule has 3 aromatic rings. The van der Waals surface area contributed by atoms with Crippen molar-refractivity contribution >= 4 is 11.0 Å². The smallest absolute Gasteiger partial charge is 0.310 e. The molecule has 150 valence electrons. The number of hydrogen-bond acceptors (Lipinski definition) is 3. The van der Waals surface area contributed by atoms with E-state index in [1.54, 1.807) is 13.8 Å². The van der Waals surface area contributed by atoms with Gasteiger partial charge < -0.3 is 4.98 Å². The van der Waals surface area contributed by atoms with E-state index in [1.807, 2.05) is 0 Å². The van der Waals surface area contributed by atoms with Gasteiger partial charge in [0.2, 0.25) is 0 Å². The summed E-state index contributed by atoms with van der Waals surface area (Å²) >= 11 is 0. The van der Waals surface area contributed by atoms with E-state index < -0.39 is 35.5 Å². The second-order valence-corrected chi connectivity index (χ2v) is 6.79. The maximum Gasteiger partial charge on any atom is 0.416 e. The highest BCUT2D eigenvalue weighted by Crippen LogP contribution is 2.34. The molecule has 0 saturated heterocycles. The molecular weight excluding hydrogens is 383 g/mol.